The fraction of sp³-hybridized carbons (Fsp3) is 0.0286. The smallest absolute Gasteiger partial charge is 0.180 e. The predicted octanol–water partition coefficient (Wildman–Crippen LogP) is 29.9. The third-order valence-electron chi connectivity index (χ3n) is 21.4. The Morgan fingerprint density at radius 1 is 0.235 bits per heavy atom. The van der Waals surface area contributed by atoms with E-state index in [2.05, 4.69) is 413 Å². The van der Waals surface area contributed by atoms with Gasteiger partial charge in [0.05, 0.1) is 0 Å². The molecule has 0 bridgehead atoms. The van der Waals surface area contributed by atoms with Crippen LogP contribution in [0.1, 0.15) is 22.3 Å². The molecular weight excluding hydrogens is 1600 g/mol. The molecule has 0 saturated heterocycles. The van der Waals surface area contributed by atoms with Crippen LogP contribution >= 0.6 is 65.9 Å². The minimum Gasteiger partial charge on any atom is -0.398 e. The highest BCUT2D eigenvalue weighted by atomic mass is 79.9. The van der Waals surface area contributed by atoms with E-state index >= 15 is 0 Å². The molecule has 4 N–H and O–H groups in total. The summed E-state index contributed by atoms with van der Waals surface area (Å²) in [6.45, 7) is 0. The molecule has 0 saturated carbocycles. The van der Waals surface area contributed by atoms with Gasteiger partial charge >= 0.3 is 0 Å². The lowest BCUT2D eigenvalue weighted by molar-refractivity contribution is 1.62. The topological polar surface area (TPSA) is 50.1 Å². The zero-order valence-electron chi connectivity index (χ0n) is 60.7. The van der Waals surface area contributed by atoms with Crippen LogP contribution < -0.4 is 37.1 Å². The molecule has 0 aliphatic carbocycles. The highest BCUT2D eigenvalue weighted by Gasteiger charge is 2.48. The molecule has 0 unspecified atom stereocenters. The summed E-state index contributed by atoms with van der Waals surface area (Å²) in [6.07, 6.45) is 0. The maximum Gasteiger partial charge on any atom is 0.180 e. The summed E-state index contributed by atoms with van der Waals surface area (Å²) >= 11 is 12.7. The van der Waals surface area contributed by atoms with Gasteiger partial charge in [0, 0.05) is 122 Å². The second-order valence-corrected chi connectivity index (χ2v) is 36.8. The lowest BCUT2D eigenvalue weighted by Crippen LogP contribution is -2.72. The summed E-state index contributed by atoms with van der Waals surface area (Å²) in [5.41, 5.74) is 14.2. The van der Waals surface area contributed by atoms with Gasteiger partial charge in [-0.1, -0.05) is 364 Å². The molecule has 3 nitrogen and oxygen atoms in total. The van der Waals surface area contributed by atoms with Crippen molar-refractivity contribution in [2.75, 3.05) is 16.4 Å². The van der Waals surface area contributed by atoms with E-state index in [9.17, 15) is 0 Å². The van der Waals surface area contributed by atoms with Gasteiger partial charge in [-0.25, -0.2) is 0 Å². The molecule has 115 heavy (non-hydrogen) atoms. The molecular formula is C105H81BBr2N3S3Si. The van der Waals surface area contributed by atoms with Crippen LogP contribution in [-0.2, 0) is 0 Å². The van der Waals surface area contributed by atoms with Gasteiger partial charge in [-0.05, 0) is 165 Å². The number of thiophene rings is 3. The zero-order chi connectivity index (χ0) is 74.4. The summed E-state index contributed by atoms with van der Waals surface area (Å²) < 4.78 is 10.3. The number of nitrogens with one attached hydrogen (secondary N) is 2. The molecule has 0 amide bonds. The summed E-state index contributed by atoms with van der Waals surface area (Å²) in [7, 11) is -2.27. The number of fused-ring (bicyclic) bond motifs is 21. The van der Waals surface area contributed by atoms with Crippen LogP contribution in [0.15, 0.2) is 403 Å². The Hall–Kier alpha value is -12.0. The van der Waals surface area contributed by atoms with Crippen LogP contribution in [0, 0.1) is 0 Å². The summed E-state index contributed by atoms with van der Waals surface area (Å²) in [6, 6.07) is 141. The molecule has 0 atom stereocenters. The van der Waals surface area contributed by atoms with Gasteiger partial charge in [0.25, 0.3) is 0 Å². The molecule has 19 aromatic carbocycles. The largest absolute Gasteiger partial charge is 0.398 e. The highest BCUT2D eigenvalue weighted by molar-refractivity contribution is 9.10. The predicted molar refractivity (Wildman–Crippen MR) is 524 cm³/mol. The van der Waals surface area contributed by atoms with Gasteiger partial charge in [0.15, 0.2) is 8.07 Å². The highest BCUT2D eigenvalue weighted by Crippen LogP contribution is 2.42. The second-order valence-electron chi connectivity index (χ2n) is 27.9. The molecule has 3 aromatic heterocycles. The monoisotopic (exact) mass is 1680 g/mol. The third-order valence-corrected chi connectivity index (χ3v) is 30.7. The molecule has 555 valence electrons. The van der Waals surface area contributed by atoms with Gasteiger partial charge in [-0.15, -0.1) is 34.0 Å². The van der Waals surface area contributed by atoms with Crippen LogP contribution in [0.5, 0.6) is 0 Å². The molecule has 10 heteroatoms. The van der Waals surface area contributed by atoms with Crippen molar-refractivity contribution in [3.63, 3.8) is 0 Å². The summed E-state index contributed by atoms with van der Waals surface area (Å²) in [5.74, 6) is 0. The van der Waals surface area contributed by atoms with Crippen LogP contribution in [0.25, 0.3) is 136 Å². The second kappa shape index (κ2) is 34.0. The number of hydrogen-bond acceptors (Lipinski definition) is 6. The van der Waals surface area contributed by atoms with Crippen molar-refractivity contribution in [1.82, 2.24) is 0 Å². The normalized spacial score (nSPS) is 11.6. The number of benzene rings is 19. The molecule has 1 aliphatic rings. The van der Waals surface area contributed by atoms with E-state index in [0.717, 1.165) is 42.8 Å². The molecule has 1 aliphatic heterocycles. The van der Waals surface area contributed by atoms with Crippen molar-refractivity contribution in [2.45, 2.75) is 22.3 Å². The van der Waals surface area contributed by atoms with E-state index < -0.39 is 8.07 Å². The first-order valence-electron chi connectivity index (χ1n) is 37.2. The third kappa shape index (κ3) is 14.9. The molecule has 0 fully saturated rings. The molecule has 3 radical (unpaired) electrons. The quantitative estimate of drug-likeness (QED) is 0.0883. The van der Waals surface area contributed by atoms with Crippen molar-refractivity contribution in [3.05, 3.63) is 403 Å². The fourth-order valence-electron chi connectivity index (χ4n) is 16.4. The van der Waals surface area contributed by atoms with Crippen molar-refractivity contribution in [1.29, 1.82) is 0 Å². The van der Waals surface area contributed by atoms with Gasteiger partial charge in [0.1, 0.15) is 0 Å². The molecule has 23 rings (SSSR count). The van der Waals surface area contributed by atoms with E-state index in [-0.39, 0.29) is 30.7 Å². The maximum atomic E-state index is 6.02. The lowest BCUT2D eigenvalue weighted by Gasteiger charge is -2.31. The molecule has 22 aromatic rings. The standard InChI is InChI=1S/2C26H17NS.C24H17BrSi.C14H11N.C12H7BrS.3CH4.B/c2*1-2-8-19-17(7-1)15-24(21-10-4-3-9-20(19)21)27-18-13-14-23-22-11-5-6-12-25(22)28-26(23)16-18;25-18-15-16-24-22(17-18)21-13-7-8-14-23(21)26(24,19-9-3-1-4-10-19)20-11-5-2-6-12-20;15-14-9-10-5-1-2-6-11(10)12-7-3-4-8-13(12)14;13-8-5-6-10-9-3-1-2-4-11(9)14-12(10)7-8;;;;/h2*1-16,27H;1-17H;1-9H,15H2;1-7H;3*1H4;. The van der Waals surface area contributed by atoms with E-state index in [4.69, 9.17) is 5.73 Å². The van der Waals surface area contributed by atoms with Gasteiger partial charge in [-0.3, -0.25) is 0 Å². The fourth-order valence-corrected chi connectivity index (χ4v) is 25.9. The first-order chi connectivity index (χ1) is 54.7. The average Bonchev–Trinajstić information content (AvgIpc) is 1.54. The van der Waals surface area contributed by atoms with Crippen molar-refractivity contribution >= 4 is 257 Å². The number of nitrogen functional groups attached to an aromatic ring is 1. The Bertz CT molecular complexity index is 7030. The Balaban J connectivity index is 0.000000115. The van der Waals surface area contributed by atoms with Gasteiger partial charge in [-0.2, -0.15) is 0 Å². The Morgan fingerprint density at radius 3 is 1.01 bits per heavy atom. The van der Waals surface area contributed by atoms with Crippen LogP contribution in [0.3, 0.4) is 0 Å². The van der Waals surface area contributed by atoms with Gasteiger partial charge < -0.3 is 16.4 Å². The summed E-state index contributed by atoms with van der Waals surface area (Å²) in [5, 5.41) is 36.3. The molecule has 4 heterocycles. The Kier molecular flexibility index (Phi) is 23.2. The average molecular weight is 1680 g/mol. The van der Waals surface area contributed by atoms with E-state index in [1.165, 1.54) is 152 Å². The lowest BCUT2D eigenvalue weighted by atomic mass is 10.00. The van der Waals surface area contributed by atoms with Crippen LogP contribution in [-0.4, -0.2) is 16.5 Å². The molecule has 0 spiro atoms. The van der Waals surface area contributed by atoms with E-state index in [1.807, 2.05) is 58.3 Å². The van der Waals surface area contributed by atoms with Crippen molar-refractivity contribution < 1.29 is 0 Å². The van der Waals surface area contributed by atoms with Crippen LogP contribution in [0.2, 0.25) is 0 Å². The maximum absolute atomic E-state index is 6.02. The Labute approximate surface area is 703 Å². The minimum atomic E-state index is -2.27. The van der Waals surface area contributed by atoms with Crippen LogP contribution in [0.4, 0.5) is 28.4 Å². The Morgan fingerprint density at radius 2 is 0.548 bits per heavy atom. The van der Waals surface area contributed by atoms with Crippen molar-refractivity contribution in [2.24, 2.45) is 0 Å². The number of nitrogens with two attached hydrogens (primary N) is 1. The first kappa shape index (κ1) is 78.3. The van der Waals surface area contributed by atoms with Gasteiger partial charge in [0.2, 0.25) is 0 Å². The SMILES string of the molecule is Brc1ccc2c(c1)-c1ccccc1[Si]2(c1ccccc1)c1ccccc1.Brc1ccc2c(c1)sc1ccccc12.C.C.C.Nc1cc2ccccc2c2ccccc12.[B].c1ccc2c(c1)cc(Nc1ccc3c(c1)sc1ccccc13)c1ccccc12.c1ccc2c(c1)cc(Nc1ccc3c(c1)sc1ccccc13)c1ccccc12. The number of rotatable bonds is 6. The first-order valence-corrected chi connectivity index (χ1v) is 43.2. The minimum absolute atomic E-state index is 0. The van der Waals surface area contributed by atoms with E-state index in [1.54, 1.807) is 0 Å². The number of anilines is 5. The summed E-state index contributed by atoms with van der Waals surface area (Å²) in [4.78, 5) is 0. The van der Waals surface area contributed by atoms with Crippen molar-refractivity contribution in [3.8, 4) is 11.1 Å². The number of halogens is 2. The van der Waals surface area contributed by atoms with E-state index in [0.29, 0.717) is 0 Å². The zero-order valence-corrected chi connectivity index (χ0v) is 67.3. The number of hydrogen-bond donors (Lipinski definition) is 3.